The number of H-pyrrole nitrogens is 2. The number of anilines is 1. The second kappa shape index (κ2) is 9.90. The molecule has 4 rings (SSSR count). The fraction of sp³-hybridized carbons (Fsp3) is 0.174. The Hall–Kier alpha value is -2.61. The molecule has 6 nitrogen and oxygen atoms in total. The van der Waals surface area contributed by atoms with E-state index < -0.39 is 0 Å². The summed E-state index contributed by atoms with van der Waals surface area (Å²) < 4.78 is 12.6. The zero-order valence-electron chi connectivity index (χ0n) is 17.1. The monoisotopic (exact) mass is 535 g/mol. The van der Waals surface area contributed by atoms with Crippen molar-refractivity contribution in [1.82, 2.24) is 9.97 Å². The highest BCUT2D eigenvalue weighted by Gasteiger charge is 2.14. The minimum Gasteiger partial charge on any atom is -0.490 e. The van der Waals surface area contributed by atoms with Gasteiger partial charge < -0.3 is 24.8 Å². The van der Waals surface area contributed by atoms with E-state index in [1.54, 1.807) is 12.1 Å². The third-order valence-corrected chi connectivity index (χ3v) is 5.94. The van der Waals surface area contributed by atoms with Crippen LogP contribution < -0.4 is 20.5 Å². The lowest BCUT2D eigenvalue weighted by atomic mass is 10.2. The van der Waals surface area contributed by atoms with E-state index in [-0.39, 0.29) is 12.3 Å². The van der Waals surface area contributed by atoms with Crippen LogP contribution in [0.5, 0.6) is 11.5 Å². The molecule has 0 radical (unpaired) electrons. The molecule has 1 heterocycles. The molecule has 3 aromatic carbocycles. The smallest absolute Gasteiger partial charge is 0.323 e. The van der Waals surface area contributed by atoms with Gasteiger partial charge in [-0.3, -0.25) is 0 Å². The molecule has 4 aromatic rings. The highest BCUT2D eigenvalue weighted by molar-refractivity contribution is 9.10. The number of hydrogen-bond donors (Lipinski definition) is 3. The van der Waals surface area contributed by atoms with Crippen LogP contribution in [0.1, 0.15) is 18.1 Å². The average molecular weight is 537 g/mol. The minimum atomic E-state index is -0.224. The van der Waals surface area contributed by atoms with Crippen LogP contribution in [0.15, 0.2) is 57.8 Å². The van der Waals surface area contributed by atoms with Crippen LogP contribution in [0.4, 0.5) is 5.69 Å². The Balaban J connectivity index is 1.51. The zero-order chi connectivity index (χ0) is 22.7. The number of aromatic amines is 2. The summed E-state index contributed by atoms with van der Waals surface area (Å²) in [6.45, 7) is 3.26. The molecule has 0 unspecified atom stereocenters. The van der Waals surface area contributed by atoms with Crippen molar-refractivity contribution in [3.05, 3.63) is 84.7 Å². The quantitative estimate of drug-likeness (QED) is 0.239. The van der Waals surface area contributed by atoms with E-state index in [2.05, 4.69) is 31.2 Å². The van der Waals surface area contributed by atoms with Crippen molar-refractivity contribution in [1.29, 1.82) is 0 Å². The van der Waals surface area contributed by atoms with Crippen LogP contribution in [-0.4, -0.2) is 16.6 Å². The van der Waals surface area contributed by atoms with Gasteiger partial charge in [-0.15, -0.1) is 0 Å². The van der Waals surface area contributed by atoms with Gasteiger partial charge in [0.15, 0.2) is 11.5 Å². The molecule has 32 heavy (non-hydrogen) atoms. The van der Waals surface area contributed by atoms with Crippen molar-refractivity contribution >= 4 is 55.9 Å². The number of rotatable bonds is 8. The van der Waals surface area contributed by atoms with Gasteiger partial charge in [-0.1, -0.05) is 29.3 Å². The first kappa shape index (κ1) is 22.6. The molecule has 0 aliphatic rings. The van der Waals surface area contributed by atoms with Crippen molar-refractivity contribution in [2.45, 2.75) is 20.1 Å². The molecule has 166 valence electrons. The van der Waals surface area contributed by atoms with Crippen molar-refractivity contribution in [3.63, 3.8) is 0 Å². The molecular formula is C23H20BrCl2N3O3. The van der Waals surface area contributed by atoms with E-state index >= 15 is 0 Å². The van der Waals surface area contributed by atoms with E-state index in [0.717, 1.165) is 32.3 Å². The predicted octanol–water partition coefficient (Wildman–Crippen LogP) is 6.52. The summed E-state index contributed by atoms with van der Waals surface area (Å²) in [7, 11) is 0. The Morgan fingerprint density at radius 3 is 2.59 bits per heavy atom. The van der Waals surface area contributed by atoms with Crippen LogP contribution in [0, 0.1) is 0 Å². The molecule has 0 atom stereocenters. The van der Waals surface area contributed by atoms with Crippen molar-refractivity contribution in [2.24, 2.45) is 0 Å². The molecule has 0 fully saturated rings. The molecule has 0 amide bonds. The van der Waals surface area contributed by atoms with Gasteiger partial charge in [0.1, 0.15) is 6.61 Å². The van der Waals surface area contributed by atoms with Gasteiger partial charge in [-0.25, -0.2) is 4.79 Å². The second-order valence-corrected chi connectivity index (χ2v) is 8.75. The van der Waals surface area contributed by atoms with Crippen LogP contribution in [0.3, 0.4) is 0 Å². The fourth-order valence-electron chi connectivity index (χ4n) is 3.26. The highest BCUT2D eigenvalue weighted by atomic mass is 79.9. The number of halogens is 3. The first-order valence-corrected chi connectivity index (χ1v) is 11.5. The number of fused-ring (bicyclic) bond motifs is 1. The fourth-order valence-corrected chi connectivity index (χ4v) is 4.33. The van der Waals surface area contributed by atoms with Gasteiger partial charge in [0.25, 0.3) is 0 Å². The molecule has 0 aliphatic carbocycles. The molecular weight excluding hydrogens is 517 g/mol. The van der Waals surface area contributed by atoms with Gasteiger partial charge in [-0.2, -0.15) is 0 Å². The first-order valence-electron chi connectivity index (χ1n) is 9.91. The molecule has 0 spiro atoms. The summed E-state index contributed by atoms with van der Waals surface area (Å²) in [5.74, 6) is 1.24. The number of aromatic nitrogens is 2. The summed E-state index contributed by atoms with van der Waals surface area (Å²) in [5.41, 5.74) is 4.01. The summed E-state index contributed by atoms with van der Waals surface area (Å²) >= 11 is 15.8. The van der Waals surface area contributed by atoms with Gasteiger partial charge in [0.05, 0.1) is 22.1 Å². The molecule has 3 N–H and O–H groups in total. The van der Waals surface area contributed by atoms with E-state index in [4.69, 9.17) is 32.7 Å². The van der Waals surface area contributed by atoms with Crippen molar-refractivity contribution < 1.29 is 9.47 Å². The number of ether oxygens (including phenoxy) is 2. The summed E-state index contributed by atoms with van der Waals surface area (Å²) in [6, 6.07) is 14.9. The zero-order valence-corrected chi connectivity index (χ0v) is 20.2. The second-order valence-electron chi connectivity index (χ2n) is 7.06. The summed E-state index contributed by atoms with van der Waals surface area (Å²) in [4.78, 5) is 16.9. The van der Waals surface area contributed by atoms with Gasteiger partial charge in [0.2, 0.25) is 0 Å². The van der Waals surface area contributed by atoms with Crippen LogP contribution in [0.25, 0.3) is 11.0 Å². The van der Waals surface area contributed by atoms with Crippen LogP contribution >= 0.6 is 39.1 Å². The number of imidazole rings is 1. The summed E-state index contributed by atoms with van der Waals surface area (Å²) in [6.07, 6.45) is 0. The van der Waals surface area contributed by atoms with Crippen LogP contribution in [0.2, 0.25) is 10.0 Å². The number of benzene rings is 3. The third-order valence-electron chi connectivity index (χ3n) is 4.77. The topological polar surface area (TPSA) is 79.1 Å². The number of nitrogens with one attached hydrogen (secondary N) is 3. The first-order chi connectivity index (χ1) is 15.4. The lowest BCUT2D eigenvalue weighted by Crippen LogP contribution is -2.04. The highest BCUT2D eigenvalue weighted by Crippen LogP contribution is 2.38. The standard InChI is InChI=1S/C23H20BrCl2N3O3/c1-2-31-21-8-13(11-27-16-5-6-19-20(10-16)29-23(30)28-19)7-17(24)22(21)32-12-14-3-4-15(25)9-18(14)26/h3-10,27H,2,11-12H2,1H3,(H2,28,29,30). The summed E-state index contributed by atoms with van der Waals surface area (Å²) in [5, 5.41) is 4.49. The molecule has 0 aliphatic heterocycles. The third kappa shape index (κ3) is 5.23. The Labute approximate surface area is 203 Å². The Morgan fingerprint density at radius 1 is 1.00 bits per heavy atom. The maximum Gasteiger partial charge on any atom is 0.323 e. The number of hydrogen-bond acceptors (Lipinski definition) is 4. The van der Waals surface area contributed by atoms with Crippen LogP contribution in [-0.2, 0) is 13.2 Å². The Kier molecular flexibility index (Phi) is 6.98. The molecule has 9 heteroatoms. The largest absolute Gasteiger partial charge is 0.490 e. The average Bonchev–Trinajstić information content (AvgIpc) is 3.12. The van der Waals surface area contributed by atoms with Gasteiger partial charge in [-0.05, 0) is 70.9 Å². The lowest BCUT2D eigenvalue weighted by molar-refractivity contribution is 0.267. The maximum atomic E-state index is 11.4. The Bertz CT molecular complexity index is 1320. The van der Waals surface area contributed by atoms with E-state index in [1.807, 2.05) is 43.3 Å². The molecule has 0 bridgehead atoms. The minimum absolute atomic E-state index is 0.224. The Morgan fingerprint density at radius 2 is 1.81 bits per heavy atom. The SMILES string of the molecule is CCOc1cc(CNc2ccc3[nH]c(=O)[nH]c3c2)cc(Br)c1OCc1ccc(Cl)cc1Cl. The van der Waals surface area contributed by atoms with E-state index in [9.17, 15) is 4.79 Å². The van der Waals surface area contributed by atoms with E-state index in [1.165, 1.54) is 0 Å². The maximum absolute atomic E-state index is 11.4. The normalized spacial score (nSPS) is 11.0. The van der Waals surface area contributed by atoms with Crippen molar-refractivity contribution in [3.8, 4) is 11.5 Å². The lowest BCUT2D eigenvalue weighted by Gasteiger charge is -2.16. The molecule has 1 aromatic heterocycles. The predicted molar refractivity (Wildman–Crippen MR) is 132 cm³/mol. The van der Waals surface area contributed by atoms with Crippen molar-refractivity contribution in [2.75, 3.05) is 11.9 Å². The molecule has 0 saturated heterocycles. The van der Waals surface area contributed by atoms with E-state index in [0.29, 0.717) is 34.7 Å². The van der Waals surface area contributed by atoms with Gasteiger partial charge >= 0.3 is 5.69 Å². The molecule has 0 saturated carbocycles. The van der Waals surface area contributed by atoms with Gasteiger partial charge in [0, 0.05) is 27.8 Å².